The van der Waals surface area contributed by atoms with Crippen LogP contribution in [0.4, 0.5) is 11.4 Å². The van der Waals surface area contributed by atoms with E-state index in [0.29, 0.717) is 24.2 Å². The molecule has 0 aliphatic carbocycles. The van der Waals surface area contributed by atoms with Crippen molar-refractivity contribution in [2.45, 2.75) is 12.8 Å². The molecule has 2 amide bonds. The lowest BCUT2D eigenvalue weighted by atomic mass is 10.0. The fourth-order valence-electron chi connectivity index (χ4n) is 3.24. The summed E-state index contributed by atoms with van der Waals surface area (Å²) < 4.78 is 5.75. The zero-order valence-electron chi connectivity index (χ0n) is 15.5. The van der Waals surface area contributed by atoms with Gasteiger partial charge in [0.2, 0.25) is 5.91 Å². The zero-order chi connectivity index (χ0) is 19.5. The lowest BCUT2D eigenvalue weighted by Gasteiger charge is -2.26. The van der Waals surface area contributed by atoms with Gasteiger partial charge >= 0.3 is 0 Å². The second-order valence-corrected chi connectivity index (χ2v) is 6.69. The highest BCUT2D eigenvalue weighted by Crippen LogP contribution is 2.29. The van der Waals surface area contributed by atoms with Crippen LogP contribution in [0.5, 0.6) is 11.5 Å². The molecule has 0 saturated heterocycles. The number of nitrogens with one attached hydrogen (secondary N) is 1. The second-order valence-electron chi connectivity index (χ2n) is 6.69. The molecule has 1 aliphatic rings. The number of ether oxygens (including phenoxy) is 1. The van der Waals surface area contributed by atoms with Gasteiger partial charge in [0.25, 0.3) is 5.91 Å². The summed E-state index contributed by atoms with van der Waals surface area (Å²) in [5.41, 5.74) is 3.23. The number of carbonyl (C=O) groups is 2. The zero-order valence-corrected chi connectivity index (χ0v) is 15.5. The molecule has 0 unspecified atom stereocenters. The van der Waals surface area contributed by atoms with Crippen molar-refractivity contribution in [3.63, 3.8) is 0 Å². The molecule has 3 aromatic rings. The summed E-state index contributed by atoms with van der Waals surface area (Å²) in [6, 6.07) is 22.1. The molecule has 0 fully saturated rings. The highest BCUT2D eigenvalue weighted by Gasteiger charge is 2.21. The topological polar surface area (TPSA) is 58.6 Å². The Labute approximate surface area is 163 Å². The van der Waals surface area contributed by atoms with Crippen LogP contribution in [0.25, 0.3) is 0 Å². The predicted molar refractivity (Wildman–Crippen MR) is 109 cm³/mol. The van der Waals surface area contributed by atoms with Gasteiger partial charge in [0.05, 0.1) is 0 Å². The highest BCUT2D eigenvalue weighted by atomic mass is 16.5. The van der Waals surface area contributed by atoms with E-state index < -0.39 is 0 Å². The Balaban J connectivity index is 1.44. The lowest BCUT2D eigenvalue weighted by Crippen LogP contribution is -2.31. The quantitative estimate of drug-likeness (QED) is 0.726. The molecule has 0 atom stereocenters. The van der Waals surface area contributed by atoms with E-state index in [9.17, 15) is 9.59 Å². The summed E-state index contributed by atoms with van der Waals surface area (Å²) >= 11 is 0. The maximum absolute atomic E-state index is 12.6. The average molecular weight is 372 g/mol. The first-order valence-electron chi connectivity index (χ1n) is 9.14. The molecule has 140 valence electrons. The van der Waals surface area contributed by atoms with Gasteiger partial charge in [0.15, 0.2) is 0 Å². The molecule has 0 aromatic heterocycles. The van der Waals surface area contributed by atoms with Crippen LogP contribution in [-0.4, -0.2) is 18.9 Å². The Hall–Kier alpha value is -3.60. The summed E-state index contributed by atoms with van der Waals surface area (Å²) in [7, 11) is 1.78. The van der Waals surface area contributed by atoms with Crippen molar-refractivity contribution in [3.8, 4) is 11.5 Å². The van der Waals surface area contributed by atoms with Crippen molar-refractivity contribution in [1.82, 2.24) is 0 Å². The molecule has 1 aliphatic heterocycles. The Bertz CT molecular complexity index is 1010. The normalized spacial score (nSPS) is 13.0. The Morgan fingerprint density at radius 3 is 2.39 bits per heavy atom. The van der Waals surface area contributed by atoms with Crippen LogP contribution in [0, 0.1) is 0 Å². The van der Waals surface area contributed by atoms with Gasteiger partial charge in [-0.25, -0.2) is 0 Å². The number of carbonyl (C=O) groups excluding carboxylic acids is 2. The van der Waals surface area contributed by atoms with Crippen molar-refractivity contribution < 1.29 is 14.3 Å². The van der Waals surface area contributed by atoms with Crippen molar-refractivity contribution in [3.05, 3.63) is 83.9 Å². The van der Waals surface area contributed by atoms with Crippen LogP contribution in [0.1, 0.15) is 22.3 Å². The number of hydrogen-bond acceptors (Lipinski definition) is 3. The second kappa shape index (κ2) is 7.56. The molecule has 1 N–H and O–H groups in total. The summed E-state index contributed by atoms with van der Waals surface area (Å²) in [6.45, 7) is 0. The maximum atomic E-state index is 12.6. The molecule has 5 heteroatoms. The summed E-state index contributed by atoms with van der Waals surface area (Å²) in [6.07, 6.45) is 1.18. The van der Waals surface area contributed by atoms with Gasteiger partial charge in [0, 0.05) is 30.4 Å². The Morgan fingerprint density at radius 1 is 0.929 bits per heavy atom. The molecular formula is C23H20N2O3. The molecule has 5 nitrogen and oxygen atoms in total. The summed E-state index contributed by atoms with van der Waals surface area (Å²) in [5, 5.41) is 2.92. The van der Waals surface area contributed by atoms with E-state index in [-0.39, 0.29) is 11.8 Å². The number of benzene rings is 3. The molecule has 0 bridgehead atoms. The molecule has 3 aromatic carbocycles. The number of aryl methyl sites for hydroxylation is 1. The van der Waals surface area contributed by atoms with Crippen LogP contribution in [0.2, 0.25) is 0 Å². The molecule has 0 spiro atoms. The fourth-order valence-corrected chi connectivity index (χ4v) is 3.24. The van der Waals surface area contributed by atoms with E-state index in [1.165, 1.54) is 0 Å². The Kier molecular flexibility index (Phi) is 4.81. The van der Waals surface area contributed by atoms with Crippen molar-refractivity contribution >= 4 is 23.2 Å². The molecule has 0 radical (unpaired) electrons. The third-order valence-electron chi connectivity index (χ3n) is 4.78. The number of nitrogens with zero attached hydrogens (tertiary/aromatic N) is 1. The predicted octanol–water partition coefficient (Wildman–Crippen LogP) is 4.64. The summed E-state index contributed by atoms with van der Waals surface area (Å²) in [5.74, 6) is 1.34. The molecular weight excluding hydrogens is 352 g/mol. The van der Waals surface area contributed by atoms with Crippen LogP contribution < -0.4 is 15.0 Å². The first-order valence-corrected chi connectivity index (χ1v) is 9.14. The van der Waals surface area contributed by atoms with E-state index in [0.717, 1.165) is 22.7 Å². The number of fused-ring (bicyclic) bond motifs is 1. The molecule has 4 rings (SSSR count). The van der Waals surface area contributed by atoms with Gasteiger partial charge in [-0.05, 0) is 66.6 Å². The van der Waals surface area contributed by atoms with Crippen molar-refractivity contribution in [1.29, 1.82) is 0 Å². The largest absolute Gasteiger partial charge is 0.457 e. The molecule has 1 heterocycles. The highest BCUT2D eigenvalue weighted by molar-refractivity contribution is 6.04. The maximum Gasteiger partial charge on any atom is 0.255 e. The number of rotatable bonds is 4. The van der Waals surface area contributed by atoms with E-state index in [4.69, 9.17) is 4.74 Å². The van der Waals surface area contributed by atoms with E-state index in [2.05, 4.69) is 5.32 Å². The number of anilines is 2. The third kappa shape index (κ3) is 3.74. The van der Waals surface area contributed by atoms with Gasteiger partial charge in [-0.15, -0.1) is 0 Å². The SMILES string of the molecule is CN1C(=O)CCc2cc(NC(=O)c3ccc(Oc4ccccc4)cc3)ccc21. The minimum Gasteiger partial charge on any atom is -0.457 e. The standard InChI is InChI=1S/C23H20N2O3/c1-25-21-13-10-18(15-17(21)9-14-22(25)26)24-23(27)16-7-11-20(12-8-16)28-19-5-3-2-4-6-19/h2-8,10-13,15H,9,14H2,1H3,(H,24,27). The average Bonchev–Trinajstić information content (AvgIpc) is 2.72. The number of hydrogen-bond donors (Lipinski definition) is 1. The van der Waals surface area contributed by atoms with E-state index >= 15 is 0 Å². The van der Waals surface area contributed by atoms with Gasteiger partial charge in [-0.2, -0.15) is 0 Å². The van der Waals surface area contributed by atoms with E-state index in [1.807, 2.05) is 48.5 Å². The van der Waals surface area contributed by atoms with Crippen LogP contribution in [0.3, 0.4) is 0 Å². The van der Waals surface area contributed by atoms with E-state index in [1.54, 1.807) is 36.2 Å². The van der Waals surface area contributed by atoms with Gasteiger partial charge in [-0.1, -0.05) is 18.2 Å². The smallest absolute Gasteiger partial charge is 0.255 e. The van der Waals surface area contributed by atoms with Gasteiger partial charge in [-0.3, -0.25) is 9.59 Å². The van der Waals surface area contributed by atoms with Crippen molar-refractivity contribution in [2.24, 2.45) is 0 Å². The monoisotopic (exact) mass is 372 g/mol. The lowest BCUT2D eigenvalue weighted by molar-refractivity contribution is -0.118. The first kappa shape index (κ1) is 17.8. The van der Waals surface area contributed by atoms with Gasteiger partial charge in [0.1, 0.15) is 11.5 Å². The minimum absolute atomic E-state index is 0.113. The van der Waals surface area contributed by atoms with Gasteiger partial charge < -0.3 is 15.0 Å². The number of amides is 2. The molecule has 28 heavy (non-hydrogen) atoms. The minimum atomic E-state index is -0.188. The third-order valence-corrected chi connectivity index (χ3v) is 4.78. The summed E-state index contributed by atoms with van der Waals surface area (Å²) in [4.78, 5) is 26.0. The fraction of sp³-hybridized carbons (Fsp3) is 0.130. The Morgan fingerprint density at radius 2 is 1.64 bits per heavy atom. The van der Waals surface area contributed by atoms with Crippen LogP contribution in [0.15, 0.2) is 72.8 Å². The first-order chi connectivity index (χ1) is 13.6. The van der Waals surface area contributed by atoms with Crippen LogP contribution >= 0.6 is 0 Å². The van der Waals surface area contributed by atoms with Crippen LogP contribution in [-0.2, 0) is 11.2 Å². The van der Waals surface area contributed by atoms with Crippen molar-refractivity contribution in [2.75, 3.05) is 17.3 Å². The number of para-hydroxylation sites is 1. The molecule has 0 saturated carbocycles.